The third-order valence-corrected chi connectivity index (χ3v) is 3.00. The van der Waals surface area contributed by atoms with Gasteiger partial charge in [0.2, 0.25) is 0 Å². The van der Waals surface area contributed by atoms with Gasteiger partial charge < -0.3 is 4.90 Å². The van der Waals surface area contributed by atoms with Crippen LogP contribution >= 0.6 is 0 Å². The van der Waals surface area contributed by atoms with Crippen LogP contribution in [0.4, 0.5) is 10.1 Å². The third kappa shape index (κ3) is 3.19. The summed E-state index contributed by atoms with van der Waals surface area (Å²) in [6.07, 6.45) is 0. The first-order valence-corrected chi connectivity index (χ1v) is 6.13. The lowest BCUT2D eigenvalue weighted by molar-refractivity contribution is 0.101. The lowest BCUT2D eigenvalue weighted by Gasteiger charge is -2.21. The molecule has 2 rings (SSSR count). The highest BCUT2D eigenvalue weighted by atomic mass is 19.1. The predicted molar refractivity (Wildman–Crippen MR) is 75.0 cm³/mol. The molecule has 3 heteroatoms. The number of para-hydroxylation sites is 1. The van der Waals surface area contributed by atoms with Gasteiger partial charge in [0.25, 0.3) is 0 Å². The van der Waals surface area contributed by atoms with E-state index in [1.807, 2.05) is 36.2 Å². The van der Waals surface area contributed by atoms with Gasteiger partial charge in [0.15, 0.2) is 5.78 Å². The molecule has 98 valence electrons. The highest BCUT2D eigenvalue weighted by molar-refractivity contribution is 5.99. The first-order valence-electron chi connectivity index (χ1n) is 6.13. The molecule has 0 radical (unpaired) electrons. The van der Waals surface area contributed by atoms with Gasteiger partial charge in [-0.3, -0.25) is 4.79 Å². The number of carbonyl (C=O) groups excluding carboxylic acids is 1. The average molecular weight is 257 g/mol. The number of rotatable bonds is 4. The van der Waals surface area contributed by atoms with Crippen LogP contribution in [0.1, 0.15) is 22.8 Å². The standard InChI is InChI=1S/C16H16FNO/c1-12(19)15-8-3-4-9-16(15)18(2)11-13-6-5-7-14(17)10-13/h3-10H,11H2,1-2H3. The zero-order valence-corrected chi connectivity index (χ0v) is 11.1. The number of hydrogen-bond donors (Lipinski definition) is 0. The van der Waals surface area contributed by atoms with Crippen molar-refractivity contribution in [1.29, 1.82) is 0 Å². The van der Waals surface area contributed by atoms with Crippen LogP contribution in [0, 0.1) is 5.82 Å². The van der Waals surface area contributed by atoms with Gasteiger partial charge in [0.1, 0.15) is 5.82 Å². The van der Waals surface area contributed by atoms with Crippen molar-refractivity contribution in [2.75, 3.05) is 11.9 Å². The van der Waals surface area contributed by atoms with E-state index in [0.717, 1.165) is 11.3 Å². The normalized spacial score (nSPS) is 10.3. The molecule has 0 atom stereocenters. The molecule has 19 heavy (non-hydrogen) atoms. The van der Waals surface area contributed by atoms with E-state index in [-0.39, 0.29) is 11.6 Å². The number of ketones is 1. The second kappa shape index (κ2) is 5.65. The van der Waals surface area contributed by atoms with Gasteiger partial charge in [-0.25, -0.2) is 4.39 Å². The topological polar surface area (TPSA) is 20.3 Å². The zero-order valence-electron chi connectivity index (χ0n) is 11.1. The Balaban J connectivity index is 2.25. The van der Waals surface area contributed by atoms with Crippen molar-refractivity contribution in [3.63, 3.8) is 0 Å². The van der Waals surface area contributed by atoms with Crippen LogP contribution in [0.25, 0.3) is 0 Å². The Kier molecular flexibility index (Phi) is 3.95. The fourth-order valence-electron chi connectivity index (χ4n) is 2.10. The Morgan fingerprint density at radius 3 is 2.58 bits per heavy atom. The van der Waals surface area contributed by atoms with Crippen molar-refractivity contribution < 1.29 is 9.18 Å². The van der Waals surface area contributed by atoms with Gasteiger partial charge in [0.05, 0.1) is 0 Å². The molecule has 0 unspecified atom stereocenters. The molecule has 0 saturated carbocycles. The lowest BCUT2D eigenvalue weighted by Crippen LogP contribution is -2.18. The van der Waals surface area contributed by atoms with Crippen LogP contribution in [0.15, 0.2) is 48.5 Å². The summed E-state index contributed by atoms with van der Waals surface area (Å²) in [5.74, 6) is -0.215. The third-order valence-electron chi connectivity index (χ3n) is 3.00. The molecule has 2 aromatic carbocycles. The maximum atomic E-state index is 13.2. The minimum atomic E-state index is -0.245. The number of halogens is 1. The second-order valence-electron chi connectivity index (χ2n) is 4.56. The van der Waals surface area contributed by atoms with E-state index in [4.69, 9.17) is 0 Å². The Hall–Kier alpha value is -2.16. The number of carbonyl (C=O) groups is 1. The van der Waals surface area contributed by atoms with E-state index in [2.05, 4.69) is 0 Å². The van der Waals surface area contributed by atoms with Gasteiger partial charge in [-0.2, -0.15) is 0 Å². The molecule has 0 spiro atoms. The molecule has 0 aliphatic heterocycles. The first kappa shape index (κ1) is 13.3. The molecule has 0 bridgehead atoms. The molecule has 0 aromatic heterocycles. The van der Waals surface area contributed by atoms with Crippen LogP contribution in [-0.4, -0.2) is 12.8 Å². The van der Waals surface area contributed by atoms with Crippen molar-refractivity contribution in [3.05, 3.63) is 65.5 Å². The number of Topliss-reactive ketones (excluding diaryl/α,β-unsaturated/α-hetero) is 1. The van der Waals surface area contributed by atoms with E-state index in [1.54, 1.807) is 19.1 Å². The summed E-state index contributed by atoms with van der Waals surface area (Å²) in [6, 6.07) is 13.9. The van der Waals surface area contributed by atoms with Gasteiger partial charge in [-0.1, -0.05) is 24.3 Å². The monoisotopic (exact) mass is 257 g/mol. The summed E-state index contributed by atoms with van der Waals surface area (Å²) in [5, 5.41) is 0. The molecule has 0 N–H and O–H groups in total. The van der Waals surface area contributed by atoms with Crippen LogP contribution < -0.4 is 4.90 Å². The number of hydrogen-bond acceptors (Lipinski definition) is 2. The highest BCUT2D eigenvalue weighted by Crippen LogP contribution is 2.21. The summed E-state index contributed by atoms with van der Waals surface area (Å²) in [4.78, 5) is 13.5. The predicted octanol–water partition coefficient (Wildman–Crippen LogP) is 3.66. The summed E-state index contributed by atoms with van der Waals surface area (Å²) in [5.41, 5.74) is 2.42. The molecule has 0 aliphatic rings. The molecule has 0 aliphatic carbocycles. The number of anilines is 1. The highest BCUT2D eigenvalue weighted by Gasteiger charge is 2.10. The Morgan fingerprint density at radius 1 is 1.16 bits per heavy atom. The van der Waals surface area contributed by atoms with Crippen molar-refractivity contribution >= 4 is 11.5 Å². The number of nitrogens with zero attached hydrogens (tertiary/aromatic N) is 1. The Bertz CT molecular complexity index is 595. The smallest absolute Gasteiger partial charge is 0.161 e. The van der Waals surface area contributed by atoms with Crippen LogP contribution in [0.3, 0.4) is 0 Å². The summed E-state index contributed by atoms with van der Waals surface area (Å²) >= 11 is 0. The lowest BCUT2D eigenvalue weighted by atomic mass is 10.1. The van der Waals surface area contributed by atoms with Crippen LogP contribution in [-0.2, 0) is 6.54 Å². The molecule has 2 aromatic rings. The van der Waals surface area contributed by atoms with E-state index in [0.29, 0.717) is 12.1 Å². The van der Waals surface area contributed by atoms with Gasteiger partial charge in [-0.05, 0) is 36.8 Å². The van der Waals surface area contributed by atoms with Gasteiger partial charge in [0, 0.05) is 24.8 Å². The quantitative estimate of drug-likeness (QED) is 0.779. The molecular formula is C16H16FNO. The molecule has 2 nitrogen and oxygen atoms in total. The Labute approximate surface area is 112 Å². The fourth-order valence-corrected chi connectivity index (χ4v) is 2.10. The van der Waals surface area contributed by atoms with E-state index in [1.165, 1.54) is 12.1 Å². The fraction of sp³-hybridized carbons (Fsp3) is 0.188. The molecular weight excluding hydrogens is 241 g/mol. The SMILES string of the molecule is CC(=O)c1ccccc1N(C)Cc1cccc(F)c1. The van der Waals surface area contributed by atoms with Crippen LogP contribution in [0.2, 0.25) is 0 Å². The summed E-state index contributed by atoms with van der Waals surface area (Å²) < 4.78 is 13.2. The molecule has 0 fully saturated rings. The van der Waals surface area contributed by atoms with Crippen molar-refractivity contribution in [2.24, 2.45) is 0 Å². The molecule has 0 amide bonds. The van der Waals surface area contributed by atoms with Gasteiger partial charge >= 0.3 is 0 Å². The second-order valence-corrected chi connectivity index (χ2v) is 4.56. The minimum Gasteiger partial charge on any atom is -0.370 e. The Morgan fingerprint density at radius 2 is 1.89 bits per heavy atom. The number of benzene rings is 2. The average Bonchev–Trinajstić information content (AvgIpc) is 2.38. The van der Waals surface area contributed by atoms with Crippen molar-refractivity contribution in [3.8, 4) is 0 Å². The van der Waals surface area contributed by atoms with Crippen LogP contribution in [0.5, 0.6) is 0 Å². The maximum absolute atomic E-state index is 13.2. The van der Waals surface area contributed by atoms with Crippen molar-refractivity contribution in [2.45, 2.75) is 13.5 Å². The van der Waals surface area contributed by atoms with E-state index >= 15 is 0 Å². The summed E-state index contributed by atoms with van der Waals surface area (Å²) in [7, 11) is 1.90. The first-order chi connectivity index (χ1) is 9.08. The molecule has 0 saturated heterocycles. The maximum Gasteiger partial charge on any atom is 0.161 e. The van der Waals surface area contributed by atoms with E-state index < -0.39 is 0 Å². The minimum absolute atomic E-state index is 0.0293. The summed E-state index contributed by atoms with van der Waals surface area (Å²) in [6.45, 7) is 2.11. The van der Waals surface area contributed by atoms with E-state index in [9.17, 15) is 9.18 Å². The molecule has 0 heterocycles. The zero-order chi connectivity index (χ0) is 13.8. The van der Waals surface area contributed by atoms with Gasteiger partial charge in [-0.15, -0.1) is 0 Å². The van der Waals surface area contributed by atoms with Crippen molar-refractivity contribution in [1.82, 2.24) is 0 Å². The largest absolute Gasteiger partial charge is 0.370 e.